The fourth-order valence-corrected chi connectivity index (χ4v) is 2.52. The second-order valence-electron chi connectivity index (χ2n) is 4.12. The minimum atomic E-state index is 0.444. The summed E-state index contributed by atoms with van der Waals surface area (Å²) in [5.74, 6) is 1.43. The predicted octanol–water partition coefficient (Wildman–Crippen LogP) is 2.08. The van der Waals surface area contributed by atoms with Crippen LogP contribution in [-0.4, -0.2) is 6.04 Å². The van der Waals surface area contributed by atoms with E-state index in [1.807, 2.05) is 0 Å². The number of hydrogen-bond acceptors (Lipinski definition) is 1. The average molecular weight is 151 g/mol. The summed E-state index contributed by atoms with van der Waals surface area (Å²) in [6.45, 7) is 2.25. The zero-order valence-electron chi connectivity index (χ0n) is 7.22. The van der Waals surface area contributed by atoms with Gasteiger partial charge in [-0.1, -0.05) is 18.6 Å². The van der Waals surface area contributed by atoms with Crippen LogP contribution in [0.25, 0.3) is 0 Å². The lowest BCUT2D eigenvalue weighted by Crippen LogP contribution is -2.40. The van der Waals surface area contributed by atoms with Gasteiger partial charge in [-0.15, -0.1) is 0 Å². The van der Waals surface area contributed by atoms with Crippen molar-refractivity contribution in [1.29, 1.82) is 0 Å². The van der Waals surface area contributed by atoms with E-state index in [2.05, 4.69) is 13.0 Å². The summed E-state index contributed by atoms with van der Waals surface area (Å²) in [6.07, 6.45) is 7.78. The Hall–Kier alpha value is -0.300. The van der Waals surface area contributed by atoms with E-state index in [1.165, 1.54) is 25.7 Å². The van der Waals surface area contributed by atoms with E-state index in [1.54, 1.807) is 5.57 Å². The van der Waals surface area contributed by atoms with Gasteiger partial charge in [0.15, 0.2) is 0 Å². The molecule has 2 N–H and O–H groups in total. The Kier molecular flexibility index (Phi) is 1.76. The standard InChI is InChI=1S/C10H17N/c1-7-5-8-3-2-4-9(6-8)10(7)11/h5,7,9-10H,2-4,6,11H2,1H3. The molecule has 0 heterocycles. The lowest BCUT2D eigenvalue weighted by Gasteiger charge is -2.36. The Balaban J connectivity index is 2.21. The Bertz CT molecular complexity index is 183. The SMILES string of the molecule is CC1C=C2CCCC(C2)C1N. The minimum Gasteiger partial charge on any atom is -0.327 e. The van der Waals surface area contributed by atoms with Gasteiger partial charge in [-0.2, -0.15) is 0 Å². The monoisotopic (exact) mass is 151 g/mol. The van der Waals surface area contributed by atoms with Gasteiger partial charge >= 0.3 is 0 Å². The van der Waals surface area contributed by atoms with Gasteiger partial charge in [0.1, 0.15) is 0 Å². The van der Waals surface area contributed by atoms with Gasteiger partial charge in [0, 0.05) is 6.04 Å². The van der Waals surface area contributed by atoms with Gasteiger partial charge < -0.3 is 5.73 Å². The molecule has 1 heteroatoms. The molecule has 3 unspecified atom stereocenters. The second kappa shape index (κ2) is 2.63. The molecule has 0 aromatic rings. The maximum atomic E-state index is 6.08. The van der Waals surface area contributed by atoms with E-state index >= 15 is 0 Å². The van der Waals surface area contributed by atoms with Crippen molar-refractivity contribution in [3.8, 4) is 0 Å². The van der Waals surface area contributed by atoms with Crippen LogP contribution >= 0.6 is 0 Å². The lowest BCUT2D eigenvalue weighted by atomic mass is 9.72. The Labute approximate surface area is 68.7 Å². The quantitative estimate of drug-likeness (QED) is 0.527. The van der Waals surface area contributed by atoms with Crippen LogP contribution in [0.2, 0.25) is 0 Å². The zero-order valence-corrected chi connectivity index (χ0v) is 7.22. The summed E-state index contributed by atoms with van der Waals surface area (Å²) in [7, 11) is 0. The van der Waals surface area contributed by atoms with Crippen LogP contribution in [-0.2, 0) is 0 Å². The normalized spacial score (nSPS) is 43.5. The summed E-state index contributed by atoms with van der Waals surface area (Å²) < 4.78 is 0. The fourth-order valence-electron chi connectivity index (χ4n) is 2.52. The van der Waals surface area contributed by atoms with Gasteiger partial charge in [-0.25, -0.2) is 0 Å². The van der Waals surface area contributed by atoms with Crippen LogP contribution in [0.4, 0.5) is 0 Å². The maximum Gasteiger partial charge on any atom is 0.0131 e. The molecule has 0 amide bonds. The molecule has 2 rings (SSSR count). The third kappa shape index (κ3) is 1.22. The number of nitrogens with two attached hydrogens (primary N) is 1. The molecule has 62 valence electrons. The van der Waals surface area contributed by atoms with Crippen molar-refractivity contribution < 1.29 is 0 Å². The summed E-state index contributed by atoms with van der Waals surface area (Å²) in [6, 6.07) is 0.444. The number of rotatable bonds is 0. The van der Waals surface area contributed by atoms with Gasteiger partial charge in [-0.3, -0.25) is 0 Å². The van der Waals surface area contributed by atoms with E-state index in [0.29, 0.717) is 12.0 Å². The molecule has 3 atom stereocenters. The molecule has 1 fully saturated rings. The molecule has 1 nitrogen and oxygen atoms in total. The highest BCUT2D eigenvalue weighted by Crippen LogP contribution is 2.37. The molecule has 2 aliphatic carbocycles. The summed E-state index contributed by atoms with van der Waals surface area (Å²) in [5, 5.41) is 0. The van der Waals surface area contributed by atoms with Crippen molar-refractivity contribution in [2.24, 2.45) is 17.6 Å². The smallest absolute Gasteiger partial charge is 0.0131 e. The highest BCUT2D eigenvalue weighted by atomic mass is 14.7. The molecule has 0 aliphatic heterocycles. The Morgan fingerprint density at radius 1 is 1.55 bits per heavy atom. The van der Waals surface area contributed by atoms with E-state index in [-0.39, 0.29) is 0 Å². The molecular weight excluding hydrogens is 134 g/mol. The lowest BCUT2D eigenvalue weighted by molar-refractivity contribution is 0.285. The van der Waals surface area contributed by atoms with Crippen LogP contribution < -0.4 is 5.73 Å². The minimum absolute atomic E-state index is 0.444. The largest absolute Gasteiger partial charge is 0.327 e. The number of fused-ring (bicyclic) bond motifs is 2. The molecule has 0 aromatic carbocycles. The van der Waals surface area contributed by atoms with Crippen LogP contribution in [0.3, 0.4) is 0 Å². The molecule has 0 spiro atoms. The summed E-state index contributed by atoms with van der Waals surface area (Å²) in [4.78, 5) is 0. The topological polar surface area (TPSA) is 26.0 Å². The van der Waals surface area contributed by atoms with Gasteiger partial charge in [0.05, 0.1) is 0 Å². The predicted molar refractivity (Wildman–Crippen MR) is 47.2 cm³/mol. The molecule has 0 aromatic heterocycles. The van der Waals surface area contributed by atoms with Crippen LogP contribution in [0.5, 0.6) is 0 Å². The Morgan fingerprint density at radius 2 is 2.36 bits per heavy atom. The Morgan fingerprint density at radius 3 is 3.18 bits per heavy atom. The van der Waals surface area contributed by atoms with Crippen LogP contribution in [0.15, 0.2) is 11.6 Å². The van der Waals surface area contributed by atoms with Crippen molar-refractivity contribution >= 4 is 0 Å². The first-order valence-corrected chi connectivity index (χ1v) is 4.72. The van der Waals surface area contributed by atoms with Gasteiger partial charge in [-0.05, 0) is 37.5 Å². The van der Waals surface area contributed by atoms with Crippen molar-refractivity contribution in [3.63, 3.8) is 0 Å². The fraction of sp³-hybridized carbons (Fsp3) is 0.800. The first-order chi connectivity index (χ1) is 5.27. The first-order valence-electron chi connectivity index (χ1n) is 4.72. The number of allylic oxidation sites excluding steroid dienone is 1. The van der Waals surface area contributed by atoms with Gasteiger partial charge in [0.2, 0.25) is 0 Å². The molecule has 1 saturated carbocycles. The molecule has 11 heavy (non-hydrogen) atoms. The van der Waals surface area contributed by atoms with Crippen molar-refractivity contribution in [2.75, 3.05) is 0 Å². The van der Waals surface area contributed by atoms with Crippen LogP contribution in [0.1, 0.15) is 32.6 Å². The van der Waals surface area contributed by atoms with Crippen LogP contribution in [0, 0.1) is 11.8 Å². The van der Waals surface area contributed by atoms with E-state index in [9.17, 15) is 0 Å². The highest BCUT2D eigenvalue weighted by Gasteiger charge is 2.30. The molecule has 0 radical (unpaired) electrons. The van der Waals surface area contributed by atoms with Gasteiger partial charge in [0.25, 0.3) is 0 Å². The van der Waals surface area contributed by atoms with Crippen molar-refractivity contribution in [1.82, 2.24) is 0 Å². The van der Waals surface area contributed by atoms with E-state index < -0.39 is 0 Å². The molecule has 2 bridgehead atoms. The second-order valence-corrected chi connectivity index (χ2v) is 4.12. The maximum absolute atomic E-state index is 6.08. The molecular formula is C10H17N. The molecule has 2 aliphatic rings. The van der Waals surface area contributed by atoms with E-state index in [0.717, 1.165) is 5.92 Å². The average Bonchev–Trinajstić information content (AvgIpc) is 2.01. The third-order valence-electron chi connectivity index (χ3n) is 3.25. The zero-order chi connectivity index (χ0) is 7.84. The van der Waals surface area contributed by atoms with Crippen molar-refractivity contribution in [2.45, 2.75) is 38.6 Å². The number of hydrogen-bond donors (Lipinski definition) is 1. The summed E-state index contributed by atoms with van der Waals surface area (Å²) in [5.41, 5.74) is 7.76. The van der Waals surface area contributed by atoms with E-state index in [4.69, 9.17) is 5.73 Å². The summed E-state index contributed by atoms with van der Waals surface area (Å²) >= 11 is 0. The third-order valence-corrected chi connectivity index (χ3v) is 3.25. The molecule has 0 saturated heterocycles. The highest BCUT2D eigenvalue weighted by molar-refractivity contribution is 5.15. The van der Waals surface area contributed by atoms with Crippen molar-refractivity contribution in [3.05, 3.63) is 11.6 Å². The first kappa shape index (κ1) is 7.35.